The van der Waals surface area contributed by atoms with Gasteiger partial charge in [0.15, 0.2) is 0 Å². The first-order chi connectivity index (χ1) is 10.1. The molecule has 1 aliphatic rings. The second kappa shape index (κ2) is 10.3. The Labute approximate surface area is 174 Å². The normalized spacial score (nSPS) is 13.5. The molecule has 0 saturated heterocycles. The number of benzene rings is 1. The summed E-state index contributed by atoms with van der Waals surface area (Å²) in [5.74, 6) is 0.914. The number of nitrogens with one attached hydrogen (secondary N) is 1. The van der Waals surface area contributed by atoms with Crippen molar-refractivity contribution in [3.63, 3.8) is 0 Å². The molecule has 1 aliphatic carbocycles. The van der Waals surface area contributed by atoms with Gasteiger partial charge in [0.1, 0.15) is 0 Å². The van der Waals surface area contributed by atoms with Crippen LogP contribution in [0.25, 0.3) is 5.57 Å². The van der Waals surface area contributed by atoms with Gasteiger partial charge < -0.3 is 24.8 Å². The Balaban J connectivity index is 0. The van der Waals surface area contributed by atoms with Gasteiger partial charge in [-0.25, -0.2) is 0 Å². The third kappa shape index (κ3) is 7.24. The molecule has 0 amide bonds. The molecule has 0 fully saturated rings. The van der Waals surface area contributed by atoms with Gasteiger partial charge in [-0.15, -0.1) is 0 Å². The molecule has 142 valence electrons. The molecule has 0 spiro atoms. The van der Waals surface area contributed by atoms with E-state index in [1.54, 1.807) is 11.0 Å². The van der Waals surface area contributed by atoms with Crippen molar-refractivity contribution >= 4 is 16.5 Å². The SMILES string of the molecule is COc1ccc(C2=C(C)C[C]([Ti+2]([CH3])([CH3])[NH]C(C)(C)C)=C2)cc1.[Cl-].[Cl-].[SiH4]. The molecule has 25 heavy (non-hydrogen) atoms. The Morgan fingerprint density at radius 1 is 1.04 bits per heavy atom. The average molecular weight is 438 g/mol. The van der Waals surface area contributed by atoms with Crippen molar-refractivity contribution in [2.75, 3.05) is 7.11 Å². The molecular weight excluding hydrogens is 405 g/mol. The van der Waals surface area contributed by atoms with E-state index in [0.29, 0.717) is 0 Å². The quantitative estimate of drug-likeness (QED) is 0.543. The van der Waals surface area contributed by atoms with Crippen molar-refractivity contribution in [3.8, 4) is 5.75 Å². The van der Waals surface area contributed by atoms with E-state index in [2.05, 4.69) is 60.2 Å². The van der Waals surface area contributed by atoms with Crippen molar-refractivity contribution in [1.82, 2.24) is 3.80 Å². The third-order valence-corrected chi connectivity index (χ3v) is 9.28. The molecule has 1 aromatic carbocycles. The number of methoxy groups -OCH3 is 1. The van der Waals surface area contributed by atoms with Gasteiger partial charge in [0.25, 0.3) is 0 Å². The van der Waals surface area contributed by atoms with Gasteiger partial charge in [0.05, 0.1) is 0 Å². The van der Waals surface area contributed by atoms with Crippen LogP contribution in [0.3, 0.4) is 0 Å². The van der Waals surface area contributed by atoms with E-state index in [0.717, 1.165) is 12.2 Å². The van der Waals surface area contributed by atoms with Crippen molar-refractivity contribution in [1.29, 1.82) is 0 Å². The van der Waals surface area contributed by atoms with Crippen LogP contribution in [0.5, 0.6) is 5.75 Å². The average Bonchev–Trinajstić information content (AvgIpc) is 2.79. The zero-order valence-corrected chi connectivity index (χ0v) is 18.8. The molecule has 0 aromatic heterocycles. The number of allylic oxidation sites excluding steroid dienone is 4. The van der Waals surface area contributed by atoms with Gasteiger partial charge >= 0.3 is 139 Å². The molecule has 0 atom stereocenters. The molecule has 2 rings (SSSR count). The van der Waals surface area contributed by atoms with Crippen molar-refractivity contribution in [2.45, 2.75) is 50.1 Å². The van der Waals surface area contributed by atoms with Crippen molar-refractivity contribution in [3.05, 3.63) is 45.4 Å². The summed E-state index contributed by atoms with van der Waals surface area (Å²) in [4.78, 5) is 0. The third-order valence-electron chi connectivity index (χ3n) is 4.13. The Bertz CT molecular complexity index is 619. The zero-order valence-electron chi connectivity index (χ0n) is 15.8. The topological polar surface area (TPSA) is 21.3 Å². The first-order valence-electron chi connectivity index (χ1n) is 7.97. The summed E-state index contributed by atoms with van der Waals surface area (Å²) in [6.07, 6.45) is 3.56. The maximum atomic E-state index is 5.26. The van der Waals surface area contributed by atoms with E-state index >= 15 is 0 Å². The van der Waals surface area contributed by atoms with E-state index in [1.165, 1.54) is 16.7 Å². The van der Waals surface area contributed by atoms with Gasteiger partial charge in [-0.2, -0.15) is 0 Å². The Morgan fingerprint density at radius 3 is 2.00 bits per heavy atom. The molecule has 1 N–H and O–H groups in total. The molecule has 6 heteroatoms. The second-order valence-corrected chi connectivity index (χ2v) is 14.2. The van der Waals surface area contributed by atoms with E-state index in [-0.39, 0.29) is 41.3 Å². The van der Waals surface area contributed by atoms with Crippen molar-refractivity contribution in [2.24, 2.45) is 0 Å². The van der Waals surface area contributed by atoms with Crippen molar-refractivity contribution < 1.29 is 46.4 Å². The van der Waals surface area contributed by atoms with Crippen LogP contribution in [0.15, 0.2) is 39.8 Å². The molecule has 0 heterocycles. The number of hydrogen-bond donors (Lipinski definition) is 1. The van der Waals surface area contributed by atoms with E-state index < -0.39 is 16.8 Å². The summed E-state index contributed by atoms with van der Waals surface area (Å²) in [5.41, 5.74) is 4.35. The Morgan fingerprint density at radius 2 is 1.56 bits per heavy atom. The summed E-state index contributed by atoms with van der Waals surface area (Å²) in [5, 5.41) is 4.92. The van der Waals surface area contributed by atoms with E-state index in [1.807, 2.05) is 12.1 Å². The smallest absolute Gasteiger partial charge is 0.0149 e. The van der Waals surface area contributed by atoms with Gasteiger partial charge in [-0.05, 0) is 11.0 Å². The van der Waals surface area contributed by atoms with Crippen LogP contribution >= 0.6 is 0 Å². The number of hydrogen-bond acceptors (Lipinski definition) is 2. The van der Waals surface area contributed by atoms with Gasteiger partial charge in [-0.1, -0.05) is 0 Å². The van der Waals surface area contributed by atoms with E-state index in [4.69, 9.17) is 4.74 Å². The number of halogens is 2. The summed E-state index contributed by atoms with van der Waals surface area (Å²) < 4.78 is 10.8. The minimum Gasteiger partial charge on any atom is -1.00 e. The van der Waals surface area contributed by atoms with Crippen LogP contribution in [-0.4, -0.2) is 23.6 Å². The molecule has 0 radical (unpaired) electrons. The van der Waals surface area contributed by atoms with Crippen LogP contribution in [0.1, 0.15) is 39.7 Å². The Kier molecular flexibility index (Phi) is 11.2. The predicted octanol–water partition coefficient (Wildman–Crippen LogP) is -2.13. The van der Waals surface area contributed by atoms with Crippen LogP contribution in [0.4, 0.5) is 0 Å². The van der Waals surface area contributed by atoms with Crippen LogP contribution in [-0.2, 0) is 16.8 Å². The summed E-state index contributed by atoms with van der Waals surface area (Å²) >= 11 is -2.15. The number of ether oxygens (including phenoxy) is 1. The van der Waals surface area contributed by atoms with Crippen LogP contribution in [0.2, 0.25) is 10.5 Å². The zero-order chi connectivity index (χ0) is 16.5. The first kappa shape index (κ1) is 27.2. The summed E-state index contributed by atoms with van der Waals surface area (Å²) in [6.45, 7) is 9.05. The molecule has 2 nitrogen and oxygen atoms in total. The fourth-order valence-electron chi connectivity index (χ4n) is 3.25. The standard InChI is InChI=1S/C13H13O.C4H10N.2CH3.2ClH.H4Si.Ti/c1-10-4-3-5-13(10)11-6-8-12(14-2)9-7-11;1-4(2,3)5;;;;;;/h5-9H,4H2,1-2H3;5H,1-3H3;2*1H3;2*1H;1H4;/q;-1;;;;;;+3/p-2. The largest absolute Gasteiger partial charge is 1.00 e. The fourth-order valence-corrected chi connectivity index (χ4v) is 8.32. The first-order valence-corrected chi connectivity index (χ1v) is 12.7. The molecule has 0 bridgehead atoms. The molecule has 0 saturated carbocycles. The van der Waals surface area contributed by atoms with E-state index in [9.17, 15) is 0 Å². The fraction of sp³-hybridized carbons (Fsp3) is 0.474. The van der Waals surface area contributed by atoms with Crippen LogP contribution in [0, 0.1) is 0 Å². The predicted molar refractivity (Wildman–Crippen MR) is 104 cm³/mol. The van der Waals surface area contributed by atoms with Gasteiger partial charge in [-0.3, -0.25) is 0 Å². The monoisotopic (exact) mass is 437 g/mol. The number of rotatable bonds is 4. The molecule has 0 aliphatic heterocycles. The molecule has 1 aromatic rings. The molecular formula is C19H33Cl2NOSiTi. The maximum Gasteiger partial charge on any atom is -0.0149 e. The van der Waals surface area contributed by atoms with Gasteiger partial charge in [0.2, 0.25) is 0 Å². The van der Waals surface area contributed by atoms with Crippen LogP contribution < -0.4 is 33.3 Å². The summed E-state index contributed by atoms with van der Waals surface area (Å²) in [6, 6.07) is 8.41. The molecule has 0 unspecified atom stereocenters. The summed E-state index contributed by atoms with van der Waals surface area (Å²) in [7, 11) is 1.71. The van der Waals surface area contributed by atoms with Gasteiger partial charge in [0, 0.05) is 0 Å². The second-order valence-electron chi connectivity index (χ2n) is 7.77. The maximum absolute atomic E-state index is 5.26. The minimum absolute atomic E-state index is 0. The minimum atomic E-state index is -2.15. The Hall–Kier alpha value is -0.0288.